The van der Waals surface area contributed by atoms with Gasteiger partial charge >= 0.3 is 0 Å². The van der Waals surface area contributed by atoms with E-state index in [2.05, 4.69) is 0 Å². The maximum atomic E-state index is 11.4. The lowest BCUT2D eigenvalue weighted by Gasteiger charge is -2.13. The van der Waals surface area contributed by atoms with Crippen LogP contribution < -0.4 is 4.74 Å². The number of aryl methyl sites for hydroxylation is 2. The van der Waals surface area contributed by atoms with Gasteiger partial charge in [0.15, 0.2) is 0 Å². The summed E-state index contributed by atoms with van der Waals surface area (Å²) in [7, 11) is 1.70. The highest BCUT2D eigenvalue weighted by atomic mass is 35.7. The van der Waals surface area contributed by atoms with Crippen LogP contribution in [-0.2, 0) is 13.8 Å². The first kappa shape index (κ1) is 16.6. The lowest BCUT2D eigenvalue weighted by Crippen LogP contribution is -2.08. The van der Waals surface area contributed by atoms with Gasteiger partial charge in [0.05, 0.1) is 17.6 Å². The van der Waals surface area contributed by atoms with Gasteiger partial charge in [-0.2, -0.15) is 0 Å². The molecule has 21 heavy (non-hydrogen) atoms. The average molecular weight is 333 g/mol. The van der Waals surface area contributed by atoms with E-state index < -0.39 is 9.05 Å². The Morgan fingerprint density at radius 2 is 2.10 bits per heavy atom. The highest BCUT2D eigenvalue weighted by Gasteiger charge is 2.17. The molecule has 0 aromatic heterocycles. The summed E-state index contributed by atoms with van der Waals surface area (Å²) < 4.78 is 34.2. The standard InChI is InChI=1S/C15H21ClO4S/c1-11-10-15(21(16,17)18)12(2)9-14(11)20-8-4-6-13-5-3-7-19-13/h9-10,13H,3-8H2,1-2H3. The van der Waals surface area contributed by atoms with Gasteiger partial charge in [-0.1, -0.05) is 0 Å². The molecule has 1 aromatic carbocycles. The SMILES string of the molecule is Cc1cc(S(=O)(=O)Cl)c(C)cc1OCCCC1CCCO1. The van der Waals surface area contributed by atoms with Crippen molar-refractivity contribution >= 4 is 19.7 Å². The zero-order valence-electron chi connectivity index (χ0n) is 12.4. The molecule has 1 atom stereocenters. The summed E-state index contributed by atoms with van der Waals surface area (Å²) >= 11 is 0. The first-order valence-corrected chi connectivity index (χ1v) is 9.49. The van der Waals surface area contributed by atoms with Crippen molar-refractivity contribution in [1.29, 1.82) is 0 Å². The molecule has 0 spiro atoms. The zero-order valence-corrected chi connectivity index (χ0v) is 14.0. The molecule has 1 aliphatic heterocycles. The molecule has 0 N–H and O–H groups in total. The van der Waals surface area contributed by atoms with Gasteiger partial charge in [0.1, 0.15) is 5.75 Å². The smallest absolute Gasteiger partial charge is 0.261 e. The van der Waals surface area contributed by atoms with E-state index in [-0.39, 0.29) is 4.90 Å². The average Bonchev–Trinajstić information content (AvgIpc) is 2.90. The van der Waals surface area contributed by atoms with E-state index in [0.29, 0.717) is 24.0 Å². The molecular formula is C15H21ClO4S. The molecule has 6 heteroatoms. The van der Waals surface area contributed by atoms with Crippen LogP contribution in [0.1, 0.15) is 36.8 Å². The van der Waals surface area contributed by atoms with Gasteiger partial charge in [-0.05, 0) is 62.8 Å². The largest absolute Gasteiger partial charge is 0.493 e. The summed E-state index contributed by atoms with van der Waals surface area (Å²) in [5.74, 6) is 0.712. The third-order valence-corrected chi connectivity index (χ3v) is 5.15. The number of hydrogen-bond acceptors (Lipinski definition) is 4. The molecule has 0 saturated carbocycles. The summed E-state index contributed by atoms with van der Waals surface area (Å²) in [6, 6.07) is 3.30. The number of rotatable bonds is 6. The Labute approximate surface area is 130 Å². The van der Waals surface area contributed by atoms with Crippen molar-refractivity contribution in [2.24, 2.45) is 0 Å². The van der Waals surface area contributed by atoms with E-state index in [1.165, 1.54) is 0 Å². The predicted octanol–water partition coefficient (Wildman–Crippen LogP) is 3.57. The fraction of sp³-hybridized carbons (Fsp3) is 0.600. The summed E-state index contributed by atoms with van der Waals surface area (Å²) in [5, 5.41) is 0. The lowest BCUT2D eigenvalue weighted by molar-refractivity contribution is 0.0981. The second kappa shape index (κ2) is 6.99. The monoisotopic (exact) mass is 332 g/mol. The molecular weight excluding hydrogens is 312 g/mol. The van der Waals surface area contributed by atoms with Crippen molar-refractivity contribution in [3.63, 3.8) is 0 Å². The van der Waals surface area contributed by atoms with Gasteiger partial charge in [0, 0.05) is 17.3 Å². The predicted molar refractivity (Wildman–Crippen MR) is 82.7 cm³/mol. The zero-order chi connectivity index (χ0) is 15.5. The van der Waals surface area contributed by atoms with Crippen molar-refractivity contribution in [3.05, 3.63) is 23.3 Å². The molecule has 4 nitrogen and oxygen atoms in total. The molecule has 2 rings (SSSR count). The minimum atomic E-state index is -3.71. The van der Waals surface area contributed by atoms with Gasteiger partial charge in [0.25, 0.3) is 9.05 Å². The van der Waals surface area contributed by atoms with Crippen molar-refractivity contribution in [3.8, 4) is 5.75 Å². The van der Waals surface area contributed by atoms with Crippen molar-refractivity contribution in [2.45, 2.75) is 50.5 Å². The van der Waals surface area contributed by atoms with Crippen LogP contribution in [-0.4, -0.2) is 27.7 Å². The van der Waals surface area contributed by atoms with Crippen LogP contribution in [0.4, 0.5) is 0 Å². The Hall–Kier alpha value is -0.780. The number of hydrogen-bond donors (Lipinski definition) is 0. The summed E-state index contributed by atoms with van der Waals surface area (Å²) in [4.78, 5) is 0.147. The van der Waals surface area contributed by atoms with Gasteiger partial charge in [0.2, 0.25) is 0 Å². The number of halogens is 1. The van der Waals surface area contributed by atoms with Crippen LogP contribution in [0.3, 0.4) is 0 Å². The second-order valence-corrected chi connectivity index (χ2v) is 7.98. The summed E-state index contributed by atoms with van der Waals surface area (Å²) in [5.41, 5.74) is 1.38. The number of ether oxygens (including phenoxy) is 2. The van der Waals surface area contributed by atoms with Crippen LogP contribution in [0.2, 0.25) is 0 Å². The molecule has 0 aliphatic carbocycles. The van der Waals surface area contributed by atoms with Crippen LogP contribution in [0, 0.1) is 13.8 Å². The molecule has 1 fully saturated rings. The molecule has 0 amide bonds. The molecule has 1 aromatic rings. The van der Waals surface area contributed by atoms with Crippen LogP contribution in [0.5, 0.6) is 5.75 Å². The molecule has 1 unspecified atom stereocenters. The highest BCUT2D eigenvalue weighted by Crippen LogP contribution is 2.28. The quantitative estimate of drug-likeness (QED) is 0.590. The van der Waals surface area contributed by atoms with Crippen molar-refractivity contribution in [1.82, 2.24) is 0 Å². The number of benzene rings is 1. The molecule has 1 heterocycles. The third kappa shape index (κ3) is 4.59. The minimum absolute atomic E-state index is 0.147. The van der Waals surface area contributed by atoms with Gasteiger partial charge in [-0.3, -0.25) is 0 Å². The second-order valence-electron chi connectivity index (χ2n) is 5.45. The third-order valence-electron chi connectivity index (χ3n) is 3.69. The summed E-state index contributed by atoms with van der Waals surface area (Å²) in [6.07, 6.45) is 4.60. The molecule has 0 radical (unpaired) electrons. The van der Waals surface area contributed by atoms with Gasteiger partial charge < -0.3 is 9.47 Å². The van der Waals surface area contributed by atoms with Crippen LogP contribution >= 0.6 is 10.7 Å². The first-order chi connectivity index (χ1) is 9.88. The highest BCUT2D eigenvalue weighted by molar-refractivity contribution is 8.13. The van der Waals surface area contributed by atoms with E-state index in [1.807, 2.05) is 6.92 Å². The minimum Gasteiger partial charge on any atom is -0.493 e. The Morgan fingerprint density at radius 1 is 1.33 bits per heavy atom. The normalized spacial score (nSPS) is 18.9. The Kier molecular flexibility index (Phi) is 5.52. The summed E-state index contributed by atoms with van der Waals surface area (Å²) in [6.45, 7) is 5.01. The van der Waals surface area contributed by atoms with E-state index in [0.717, 1.165) is 37.9 Å². The molecule has 1 saturated heterocycles. The van der Waals surface area contributed by atoms with Crippen molar-refractivity contribution < 1.29 is 17.9 Å². The Morgan fingerprint density at radius 3 is 2.71 bits per heavy atom. The lowest BCUT2D eigenvalue weighted by atomic mass is 10.1. The van der Waals surface area contributed by atoms with E-state index >= 15 is 0 Å². The molecule has 118 valence electrons. The topological polar surface area (TPSA) is 52.6 Å². The Balaban J connectivity index is 1.93. The molecule has 0 bridgehead atoms. The maximum absolute atomic E-state index is 11.4. The van der Waals surface area contributed by atoms with Gasteiger partial charge in [-0.25, -0.2) is 8.42 Å². The van der Waals surface area contributed by atoms with E-state index in [1.54, 1.807) is 19.1 Å². The maximum Gasteiger partial charge on any atom is 0.261 e. The van der Waals surface area contributed by atoms with Gasteiger partial charge in [-0.15, -0.1) is 0 Å². The van der Waals surface area contributed by atoms with Crippen LogP contribution in [0.15, 0.2) is 17.0 Å². The van der Waals surface area contributed by atoms with Crippen molar-refractivity contribution in [2.75, 3.05) is 13.2 Å². The molecule has 1 aliphatic rings. The fourth-order valence-electron chi connectivity index (χ4n) is 2.55. The van der Waals surface area contributed by atoms with E-state index in [4.69, 9.17) is 20.2 Å². The fourth-order valence-corrected chi connectivity index (χ4v) is 3.81. The first-order valence-electron chi connectivity index (χ1n) is 7.18. The van der Waals surface area contributed by atoms with E-state index in [9.17, 15) is 8.42 Å². The Bertz CT molecular complexity index is 592. The van der Waals surface area contributed by atoms with Crippen LogP contribution in [0.25, 0.3) is 0 Å².